The number of carbonyl (C=O) groups is 1. The van der Waals surface area contributed by atoms with Gasteiger partial charge in [0.15, 0.2) is 0 Å². The summed E-state index contributed by atoms with van der Waals surface area (Å²) in [6, 6.07) is 17.6. The lowest BCUT2D eigenvalue weighted by Gasteiger charge is -2.34. The number of anilines is 5. The monoisotopic (exact) mass is 497 g/mol. The second-order valence-electron chi connectivity index (χ2n) is 8.77. The SMILES string of the molecule is C=CC(=O)Nc1cc(N2CCN(C)CC2)ccc1Nc1cc(NCc2ccc(OC)cc2)c(C#N)cn1. The number of hydrogen-bond donors (Lipinski definition) is 3. The standard InChI is InChI=1S/C28H31N7O2/c1-4-28(36)33-26-15-22(35-13-11-34(2)12-14-35)7-10-24(26)32-27-16-25(21(17-29)19-31-27)30-18-20-5-8-23(37-3)9-6-20/h4-10,15-16,19H,1,11-14,18H2,2-3H3,(H,33,36)(H2,30,31,32). The van der Waals surface area contributed by atoms with Gasteiger partial charge in [-0.25, -0.2) is 4.98 Å². The smallest absolute Gasteiger partial charge is 0.247 e. The molecule has 1 amide bonds. The van der Waals surface area contributed by atoms with Crippen molar-refractivity contribution >= 4 is 34.5 Å². The van der Waals surface area contributed by atoms with Crippen molar-refractivity contribution < 1.29 is 9.53 Å². The van der Waals surface area contributed by atoms with Crippen LogP contribution in [0.4, 0.5) is 28.6 Å². The molecule has 1 fully saturated rings. The predicted molar refractivity (Wildman–Crippen MR) is 148 cm³/mol. The first kappa shape index (κ1) is 25.5. The average molecular weight is 498 g/mol. The Bertz CT molecular complexity index is 1290. The largest absolute Gasteiger partial charge is 0.497 e. The summed E-state index contributed by atoms with van der Waals surface area (Å²) in [4.78, 5) is 21.2. The number of benzene rings is 2. The van der Waals surface area contributed by atoms with Crippen molar-refractivity contribution in [1.82, 2.24) is 9.88 Å². The minimum atomic E-state index is -0.298. The molecule has 190 valence electrons. The van der Waals surface area contributed by atoms with Crippen LogP contribution in [0.25, 0.3) is 0 Å². The topological polar surface area (TPSA) is 106 Å². The lowest BCUT2D eigenvalue weighted by Crippen LogP contribution is -2.44. The van der Waals surface area contributed by atoms with Gasteiger partial charge < -0.3 is 30.5 Å². The first-order valence-electron chi connectivity index (χ1n) is 12.0. The molecule has 2 aromatic carbocycles. The van der Waals surface area contributed by atoms with Gasteiger partial charge in [0.25, 0.3) is 0 Å². The number of aromatic nitrogens is 1. The Morgan fingerprint density at radius 1 is 1.11 bits per heavy atom. The molecule has 0 bridgehead atoms. The quantitative estimate of drug-likeness (QED) is 0.378. The molecule has 2 heterocycles. The first-order valence-corrected chi connectivity index (χ1v) is 12.0. The maximum absolute atomic E-state index is 12.2. The fourth-order valence-electron chi connectivity index (χ4n) is 4.03. The van der Waals surface area contributed by atoms with E-state index in [9.17, 15) is 10.1 Å². The van der Waals surface area contributed by atoms with Crippen LogP contribution in [-0.2, 0) is 11.3 Å². The van der Waals surface area contributed by atoms with Crippen molar-refractivity contribution in [1.29, 1.82) is 5.26 Å². The van der Waals surface area contributed by atoms with Crippen LogP contribution in [0.2, 0.25) is 0 Å². The molecule has 0 unspecified atom stereocenters. The summed E-state index contributed by atoms with van der Waals surface area (Å²) in [5.74, 6) is 1.03. The molecule has 0 saturated carbocycles. The Balaban J connectivity index is 1.55. The van der Waals surface area contributed by atoms with Crippen LogP contribution in [0.1, 0.15) is 11.1 Å². The molecule has 3 N–H and O–H groups in total. The van der Waals surface area contributed by atoms with E-state index < -0.39 is 0 Å². The van der Waals surface area contributed by atoms with Gasteiger partial charge in [0.1, 0.15) is 17.6 Å². The zero-order valence-electron chi connectivity index (χ0n) is 21.1. The number of carbonyl (C=O) groups excluding carboxylic acids is 1. The molecule has 3 aromatic rings. The van der Waals surface area contributed by atoms with E-state index in [4.69, 9.17) is 4.74 Å². The predicted octanol–water partition coefficient (Wildman–Crippen LogP) is 4.19. The molecular weight excluding hydrogens is 466 g/mol. The highest BCUT2D eigenvalue weighted by molar-refractivity contribution is 6.02. The highest BCUT2D eigenvalue weighted by atomic mass is 16.5. The highest BCUT2D eigenvalue weighted by Crippen LogP contribution is 2.31. The van der Waals surface area contributed by atoms with E-state index in [1.54, 1.807) is 13.2 Å². The van der Waals surface area contributed by atoms with Gasteiger partial charge in [-0.05, 0) is 49.0 Å². The summed E-state index contributed by atoms with van der Waals surface area (Å²) >= 11 is 0. The van der Waals surface area contributed by atoms with Crippen LogP contribution in [0.5, 0.6) is 5.75 Å². The summed E-state index contributed by atoms with van der Waals surface area (Å²) < 4.78 is 5.21. The normalized spacial score (nSPS) is 13.4. The fourth-order valence-corrected chi connectivity index (χ4v) is 4.03. The lowest BCUT2D eigenvalue weighted by atomic mass is 10.1. The van der Waals surface area contributed by atoms with Crippen molar-refractivity contribution in [3.63, 3.8) is 0 Å². The first-order chi connectivity index (χ1) is 18.0. The van der Waals surface area contributed by atoms with Crippen LogP contribution < -0.4 is 25.6 Å². The second kappa shape index (κ2) is 11.9. The third-order valence-electron chi connectivity index (χ3n) is 6.24. The second-order valence-corrected chi connectivity index (χ2v) is 8.77. The van der Waals surface area contributed by atoms with E-state index in [1.807, 2.05) is 42.5 Å². The summed E-state index contributed by atoms with van der Waals surface area (Å²) in [5.41, 5.74) is 4.48. The Labute approximate surface area is 217 Å². The van der Waals surface area contributed by atoms with Crippen LogP contribution >= 0.6 is 0 Å². The number of amides is 1. The van der Waals surface area contributed by atoms with Crippen LogP contribution in [-0.4, -0.2) is 56.1 Å². The van der Waals surface area contributed by atoms with Crippen molar-refractivity contribution in [2.75, 3.05) is 61.2 Å². The molecule has 37 heavy (non-hydrogen) atoms. The highest BCUT2D eigenvalue weighted by Gasteiger charge is 2.17. The van der Waals surface area contributed by atoms with Crippen molar-refractivity contribution in [2.24, 2.45) is 0 Å². The third-order valence-corrected chi connectivity index (χ3v) is 6.24. The summed E-state index contributed by atoms with van der Waals surface area (Å²) in [7, 11) is 3.75. The molecule has 0 spiro atoms. The summed E-state index contributed by atoms with van der Waals surface area (Å²) in [6.45, 7) is 7.89. The maximum Gasteiger partial charge on any atom is 0.247 e. The fraction of sp³-hybridized carbons (Fsp3) is 0.250. The zero-order valence-corrected chi connectivity index (χ0v) is 21.1. The van der Waals surface area contributed by atoms with Gasteiger partial charge in [0.2, 0.25) is 5.91 Å². The van der Waals surface area contributed by atoms with Crippen molar-refractivity contribution in [3.8, 4) is 11.8 Å². The van der Waals surface area contributed by atoms with Crippen molar-refractivity contribution in [2.45, 2.75) is 6.54 Å². The molecular formula is C28H31N7O2. The van der Waals surface area contributed by atoms with E-state index in [1.165, 1.54) is 12.3 Å². The van der Waals surface area contributed by atoms with Gasteiger partial charge in [-0.15, -0.1) is 0 Å². The van der Waals surface area contributed by atoms with Crippen LogP contribution in [0.3, 0.4) is 0 Å². The average Bonchev–Trinajstić information content (AvgIpc) is 2.93. The van der Waals surface area contributed by atoms with Gasteiger partial charge in [-0.3, -0.25) is 4.79 Å². The third kappa shape index (κ3) is 6.57. The van der Waals surface area contributed by atoms with Crippen LogP contribution in [0, 0.1) is 11.3 Å². The van der Waals surface area contributed by atoms with Gasteiger partial charge in [0.05, 0.1) is 29.7 Å². The lowest BCUT2D eigenvalue weighted by molar-refractivity contribution is -0.111. The molecule has 0 radical (unpaired) electrons. The van der Waals surface area contributed by atoms with Crippen LogP contribution in [0.15, 0.2) is 67.4 Å². The number of methoxy groups -OCH3 is 1. The molecule has 0 aliphatic carbocycles. The van der Waals surface area contributed by atoms with E-state index in [2.05, 4.69) is 50.4 Å². The van der Waals surface area contributed by atoms with Gasteiger partial charge in [0, 0.05) is 50.7 Å². The molecule has 9 heteroatoms. The zero-order chi connectivity index (χ0) is 26.2. The number of nitrogens with one attached hydrogen (secondary N) is 3. The molecule has 0 atom stereocenters. The summed E-state index contributed by atoms with van der Waals surface area (Å²) in [6.07, 6.45) is 2.77. The Morgan fingerprint density at radius 3 is 2.54 bits per heavy atom. The van der Waals surface area contributed by atoms with E-state index in [-0.39, 0.29) is 5.91 Å². The van der Waals surface area contributed by atoms with E-state index in [0.717, 1.165) is 43.2 Å². The number of likely N-dealkylation sites (N-methyl/N-ethyl adjacent to an activating group) is 1. The summed E-state index contributed by atoms with van der Waals surface area (Å²) in [5, 5.41) is 19.1. The number of pyridine rings is 1. The molecule has 1 aromatic heterocycles. The van der Waals surface area contributed by atoms with Gasteiger partial charge >= 0.3 is 0 Å². The Morgan fingerprint density at radius 2 is 1.86 bits per heavy atom. The number of hydrogen-bond acceptors (Lipinski definition) is 8. The molecule has 9 nitrogen and oxygen atoms in total. The minimum Gasteiger partial charge on any atom is -0.497 e. The Hall–Kier alpha value is -4.55. The van der Waals surface area contributed by atoms with E-state index >= 15 is 0 Å². The number of nitriles is 1. The number of nitrogens with zero attached hydrogens (tertiary/aromatic N) is 4. The number of ether oxygens (including phenoxy) is 1. The van der Waals surface area contributed by atoms with Gasteiger partial charge in [-0.1, -0.05) is 18.7 Å². The van der Waals surface area contributed by atoms with Crippen molar-refractivity contribution in [3.05, 3.63) is 78.5 Å². The maximum atomic E-state index is 12.2. The van der Waals surface area contributed by atoms with Gasteiger partial charge in [-0.2, -0.15) is 5.26 Å². The Kier molecular flexibility index (Phi) is 8.23. The molecule has 1 saturated heterocycles. The molecule has 1 aliphatic heterocycles. The number of rotatable bonds is 9. The number of piperazine rings is 1. The molecule has 4 rings (SSSR count). The molecule has 1 aliphatic rings. The van der Waals surface area contributed by atoms with E-state index in [0.29, 0.717) is 35.0 Å². The minimum absolute atomic E-state index is 0.298.